The zero-order chi connectivity index (χ0) is 20.4. The van der Waals surface area contributed by atoms with Gasteiger partial charge in [-0.1, -0.05) is 18.2 Å². The number of aromatic nitrogens is 2. The van der Waals surface area contributed by atoms with Crippen LogP contribution in [0.25, 0.3) is 5.65 Å². The second-order valence-corrected chi connectivity index (χ2v) is 7.21. The van der Waals surface area contributed by atoms with E-state index in [0.29, 0.717) is 25.1 Å². The van der Waals surface area contributed by atoms with Crippen molar-refractivity contribution in [3.8, 4) is 0 Å². The van der Waals surface area contributed by atoms with Crippen molar-refractivity contribution in [2.24, 2.45) is 0 Å². The summed E-state index contributed by atoms with van der Waals surface area (Å²) in [6.45, 7) is 1.21. The van der Waals surface area contributed by atoms with Crippen LogP contribution in [0.3, 0.4) is 0 Å². The van der Waals surface area contributed by atoms with Crippen LogP contribution in [0.1, 0.15) is 29.7 Å². The van der Waals surface area contributed by atoms with E-state index in [0.717, 1.165) is 29.9 Å². The molecule has 0 saturated carbocycles. The van der Waals surface area contributed by atoms with Crippen LogP contribution in [0.15, 0.2) is 54.9 Å². The average Bonchev–Trinajstić information content (AvgIpc) is 3.11. The smallest absolute Gasteiger partial charge is 0.337 e. The van der Waals surface area contributed by atoms with Gasteiger partial charge in [-0.15, -0.1) is 0 Å². The first-order valence-corrected chi connectivity index (χ1v) is 9.51. The first-order chi connectivity index (χ1) is 13.9. The molecular formula is C21H21F3N4O. The number of rotatable bonds is 5. The molecule has 1 aromatic carbocycles. The fraction of sp³-hybridized carbons (Fsp3) is 0.333. The van der Waals surface area contributed by atoms with Gasteiger partial charge in [0.25, 0.3) is 0 Å². The molecule has 1 aliphatic rings. The number of carbonyl (C=O) groups is 1. The van der Waals surface area contributed by atoms with E-state index >= 15 is 0 Å². The van der Waals surface area contributed by atoms with E-state index in [9.17, 15) is 18.0 Å². The molecule has 3 heterocycles. The highest BCUT2D eigenvalue weighted by molar-refractivity contribution is 5.82. The highest BCUT2D eigenvalue weighted by Crippen LogP contribution is 2.30. The molecule has 1 N–H and O–H groups in total. The van der Waals surface area contributed by atoms with Crippen LogP contribution in [0, 0.1) is 0 Å². The summed E-state index contributed by atoms with van der Waals surface area (Å²) in [5, 5.41) is 3.29. The minimum atomic E-state index is -4.39. The summed E-state index contributed by atoms with van der Waals surface area (Å²) < 4.78 is 40.8. The predicted molar refractivity (Wildman–Crippen MR) is 102 cm³/mol. The monoisotopic (exact) mass is 402 g/mol. The normalized spacial score (nSPS) is 17.8. The Morgan fingerprint density at radius 1 is 1.17 bits per heavy atom. The Kier molecular flexibility index (Phi) is 5.27. The van der Waals surface area contributed by atoms with Crippen LogP contribution in [-0.4, -0.2) is 32.8 Å². The number of halogens is 3. The summed E-state index contributed by atoms with van der Waals surface area (Å²) in [5.41, 5.74) is 1.58. The molecule has 2 aromatic heterocycles. The number of likely N-dealkylation sites (tertiary alicyclic amines) is 1. The molecule has 0 spiro atoms. The minimum absolute atomic E-state index is 0.0810. The number of carbonyl (C=O) groups excluding carboxylic acids is 1. The van der Waals surface area contributed by atoms with Crippen LogP contribution in [0.2, 0.25) is 0 Å². The lowest BCUT2D eigenvalue weighted by Crippen LogP contribution is -2.50. The largest absolute Gasteiger partial charge is 0.416 e. The predicted octanol–water partition coefficient (Wildman–Crippen LogP) is 3.63. The zero-order valence-electron chi connectivity index (χ0n) is 15.7. The third-order valence-electron chi connectivity index (χ3n) is 5.18. The highest BCUT2D eigenvalue weighted by atomic mass is 19.4. The van der Waals surface area contributed by atoms with Crippen molar-refractivity contribution in [3.63, 3.8) is 0 Å². The fourth-order valence-electron chi connectivity index (χ4n) is 3.70. The quantitative estimate of drug-likeness (QED) is 0.709. The Hall–Kier alpha value is -2.87. The van der Waals surface area contributed by atoms with E-state index in [-0.39, 0.29) is 18.5 Å². The molecule has 1 saturated heterocycles. The number of alkyl halides is 3. The third kappa shape index (κ3) is 4.27. The molecule has 1 unspecified atom stereocenters. The molecule has 152 valence electrons. The van der Waals surface area contributed by atoms with E-state index in [1.807, 2.05) is 28.8 Å². The minimum Gasteiger partial charge on any atom is -0.337 e. The van der Waals surface area contributed by atoms with E-state index < -0.39 is 11.7 Å². The van der Waals surface area contributed by atoms with Gasteiger partial charge in [0, 0.05) is 25.8 Å². The number of benzene rings is 1. The van der Waals surface area contributed by atoms with Gasteiger partial charge in [0.15, 0.2) is 0 Å². The lowest BCUT2D eigenvalue weighted by molar-refractivity contribution is -0.137. The first kappa shape index (κ1) is 19.4. The second kappa shape index (κ2) is 7.87. The summed E-state index contributed by atoms with van der Waals surface area (Å²) in [5.74, 6) is -0.0810. The van der Waals surface area contributed by atoms with Crippen LogP contribution >= 0.6 is 0 Å². The average molecular weight is 402 g/mol. The second-order valence-electron chi connectivity index (χ2n) is 7.21. The number of hydrogen-bond donors (Lipinski definition) is 1. The highest BCUT2D eigenvalue weighted by Gasteiger charge is 2.32. The Balaban J connectivity index is 1.41. The number of imidazole rings is 1. The summed E-state index contributed by atoms with van der Waals surface area (Å²) in [4.78, 5) is 18.8. The van der Waals surface area contributed by atoms with Gasteiger partial charge in [0.2, 0.25) is 5.91 Å². The first-order valence-electron chi connectivity index (χ1n) is 9.51. The van der Waals surface area contributed by atoms with Crippen molar-refractivity contribution < 1.29 is 18.0 Å². The number of amides is 1. The van der Waals surface area contributed by atoms with Gasteiger partial charge in [0.05, 0.1) is 23.5 Å². The molecule has 1 aliphatic heterocycles. The number of nitrogens with one attached hydrogen (secondary N) is 1. The van der Waals surface area contributed by atoms with Crippen LogP contribution in [0.4, 0.5) is 13.2 Å². The maximum absolute atomic E-state index is 12.9. The van der Waals surface area contributed by atoms with Crippen molar-refractivity contribution >= 4 is 11.6 Å². The molecule has 1 fully saturated rings. The molecule has 1 atom stereocenters. The van der Waals surface area contributed by atoms with E-state index in [4.69, 9.17) is 0 Å². The van der Waals surface area contributed by atoms with Crippen molar-refractivity contribution in [1.29, 1.82) is 0 Å². The maximum Gasteiger partial charge on any atom is 0.416 e. The Morgan fingerprint density at radius 3 is 2.86 bits per heavy atom. The summed E-state index contributed by atoms with van der Waals surface area (Å²) in [6, 6.07) is 10.5. The van der Waals surface area contributed by atoms with Crippen LogP contribution < -0.4 is 5.32 Å². The molecular weight excluding hydrogens is 381 g/mol. The maximum atomic E-state index is 12.9. The lowest BCUT2D eigenvalue weighted by Gasteiger charge is -2.33. The number of nitrogens with zero attached hydrogens (tertiary/aromatic N) is 3. The van der Waals surface area contributed by atoms with Crippen LogP contribution in [-0.2, 0) is 24.1 Å². The zero-order valence-corrected chi connectivity index (χ0v) is 15.7. The standard InChI is InChI=1S/C21H21F3N4O/c22-21(23,24)16-6-3-5-15(11-16)14-27-9-4-7-18(20(27)29)25-12-17-13-26-19-8-1-2-10-28(17)19/h1-3,5-6,8,10-11,13,18,25H,4,7,9,12,14H2. The van der Waals surface area contributed by atoms with Crippen molar-refractivity contribution in [2.45, 2.75) is 38.1 Å². The van der Waals surface area contributed by atoms with Crippen LogP contribution in [0.5, 0.6) is 0 Å². The number of hydrogen-bond acceptors (Lipinski definition) is 3. The van der Waals surface area contributed by atoms with Crippen molar-refractivity contribution in [3.05, 3.63) is 71.7 Å². The molecule has 0 radical (unpaired) electrons. The van der Waals surface area contributed by atoms with Gasteiger partial charge < -0.3 is 14.6 Å². The summed E-state index contributed by atoms with van der Waals surface area (Å²) >= 11 is 0. The topological polar surface area (TPSA) is 49.6 Å². The van der Waals surface area contributed by atoms with E-state index in [1.54, 1.807) is 17.2 Å². The lowest BCUT2D eigenvalue weighted by atomic mass is 10.0. The van der Waals surface area contributed by atoms with Gasteiger partial charge >= 0.3 is 6.18 Å². The van der Waals surface area contributed by atoms with E-state index in [1.165, 1.54) is 6.07 Å². The van der Waals surface area contributed by atoms with Gasteiger partial charge in [-0.05, 0) is 42.7 Å². The van der Waals surface area contributed by atoms with Gasteiger partial charge in [-0.3, -0.25) is 4.79 Å². The molecule has 4 rings (SSSR count). The van der Waals surface area contributed by atoms with E-state index in [2.05, 4.69) is 10.3 Å². The van der Waals surface area contributed by atoms with Crippen molar-refractivity contribution in [1.82, 2.24) is 19.6 Å². The molecule has 1 amide bonds. The van der Waals surface area contributed by atoms with Crippen molar-refractivity contribution in [2.75, 3.05) is 6.54 Å². The summed E-state index contributed by atoms with van der Waals surface area (Å²) in [6.07, 6.45) is 0.808. The Bertz CT molecular complexity index is 1010. The fourth-order valence-corrected chi connectivity index (χ4v) is 3.70. The number of piperidine rings is 1. The molecule has 0 bridgehead atoms. The van der Waals surface area contributed by atoms with Gasteiger partial charge in [0.1, 0.15) is 5.65 Å². The molecule has 5 nitrogen and oxygen atoms in total. The molecule has 29 heavy (non-hydrogen) atoms. The molecule has 3 aromatic rings. The Morgan fingerprint density at radius 2 is 2.03 bits per heavy atom. The summed E-state index contributed by atoms with van der Waals surface area (Å²) in [7, 11) is 0. The molecule has 8 heteroatoms. The number of pyridine rings is 1. The molecule has 0 aliphatic carbocycles. The number of fused-ring (bicyclic) bond motifs is 1. The third-order valence-corrected chi connectivity index (χ3v) is 5.18. The SMILES string of the molecule is O=C1C(NCc2cnc3ccccn23)CCCN1Cc1cccc(C(F)(F)F)c1. The van der Waals surface area contributed by atoms with Gasteiger partial charge in [-0.2, -0.15) is 13.2 Å². The Labute approximate surface area is 166 Å². The van der Waals surface area contributed by atoms with Gasteiger partial charge in [-0.25, -0.2) is 4.98 Å².